The molecule has 0 aliphatic carbocycles. The number of nitrogens with zero attached hydrogens (tertiary/aromatic N) is 2. The van der Waals surface area contributed by atoms with Crippen molar-refractivity contribution in [3.63, 3.8) is 0 Å². The van der Waals surface area contributed by atoms with Gasteiger partial charge in [-0.2, -0.15) is 4.57 Å². The average Bonchev–Trinajstić information content (AvgIpc) is 3.25. The number of hydrogen-bond acceptors (Lipinski definition) is 6. The maximum Gasteiger partial charge on any atom is 0.374 e. The van der Waals surface area contributed by atoms with Crippen LogP contribution in [-0.4, -0.2) is 11.7 Å². The highest BCUT2D eigenvalue weighted by Gasteiger charge is 2.19. The van der Waals surface area contributed by atoms with Crippen LogP contribution < -0.4 is 27.9 Å². The van der Waals surface area contributed by atoms with E-state index in [9.17, 15) is 0 Å². The fourth-order valence-corrected chi connectivity index (χ4v) is 3.66. The molecule has 31 heavy (non-hydrogen) atoms. The fourth-order valence-electron chi connectivity index (χ4n) is 3.66. The Balaban J connectivity index is 0.000000491. The molecule has 0 spiro atoms. The van der Waals surface area contributed by atoms with E-state index in [0.29, 0.717) is 0 Å². The van der Waals surface area contributed by atoms with Crippen molar-refractivity contribution in [2.24, 2.45) is 0 Å². The summed E-state index contributed by atoms with van der Waals surface area (Å²) in [6, 6.07) is 16.5. The van der Waals surface area contributed by atoms with E-state index < -0.39 is 10.2 Å². The molecule has 2 heterocycles. The summed E-state index contributed by atoms with van der Waals surface area (Å²) in [4.78, 5) is 0. The second-order valence-corrected chi connectivity index (χ2v) is 7.30. The summed E-state index contributed by atoms with van der Waals surface area (Å²) in [6.07, 6.45) is 4.18. The van der Waals surface area contributed by atoms with Crippen molar-refractivity contribution in [1.82, 2.24) is 4.57 Å². The number of aromatic nitrogens is 2. The molecule has 0 N–H and O–H groups in total. The summed E-state index contributed by atoms with van der Waals surface area (Å²) in [6.45, 7) is 5.96. The Hall–Kier alpha value is -2.88. The molecular weight excluding hydrogens is 424 g/mol. The van der Waals surface area contributed by atoms with Crippen LogP contribution in [0.25, 0.3) is 34.0 Å². The maximum absolute atomic E-state index is 8.49. The summed E-state index contributed by atoms with van der Waals surface area (Å²) in [5, 5.41) is 2.31. The molecule has 0 saturated heterocycles. The van der Waals surface area contributed by atoms with E-state index in [1.807, 2.05) is 24.3 Å². The number of para-hydroxylation sites is 2. The minimum absolute atomic E-state index is 0.839. The topological polar surface area (TPSA) is 123 Å². The molecular formula is C22H23ClN2O6. The Bertz CT molecular complexity index is 1200. The summed E-state index contributed by atoms with van der Waals surface area (Å²) >= 11 is 0. The van der Waals surface area contributed by atoms with E-state index in [-0.39, 0.29) is 0 Å². The van der Waals surface area contributed by atoms with Crippen LogP contribution in [0.15, 0.2) is 52.9 Å². The molecule has 0 radical (unpaired) electrons. The Kier molecular flexibility index (Phi) is 6.99. The third-order valence-electron chi connectivity index (χ3n) is 4.82. The number of rotatable bonds is 5. The highest BCUT2D eigenvalue weighted by atomic mass is 35.7. The van der Waals surface area contributed by atoms with Gasteiger partial charge in [-0.1, -0.05) is 30.3 Å². The molecule has 4 aromatic rings. The van der Waals surface area contributed by atoms with Gasteiger partial charge in [0.2, 0.25) is 11.5 Å². The second-order valence-electron chi connectivity index (χ2n) is 6.55. The monoisotopic (exact) mass is 446 g/mol. The lowest BCUT2D eigenvalue weighted by molar-refractivity contribution is -2.00. The summed E-state index contributed by atoms with van der Waals surface area (Å²) in [7, 11) is -3.22. The Morgan fingerprint density at radius 2 is 1.58 bits per heavy atom. The van der Waals surface area contributed by atoms with E-state index in [2.05, 4.69) is 59.4 Å². The molecule has 2 aromatic heterocycles. The van der Waals surface area contributed by atoms with Gasteiger partial charge in [0.1, 0.15) is 6.54 Å². The van der Waals surface area contributed by atoms with Gasteiger partial charge in [0.05, 0.1) is 18.9 Å². The predicted molar refractivity (Wildman–Crippen MR) is 105 cm³/mol. The third kappa shape index (κ3) is 5.07. The van der Waals surface area contributed by atoms with Crippen LogP contribution in [-0.2, 0) is 13.1 Å². The van der Waals surface area contributed by atoms with Gasteiger partial charge >= 0.3 is 5.89 Å². The first kappa shape index (κ1) is 22.8. The van der Waals surface area contributed by atoms with E-state index in [4.69, 9.17) is 27.8 Å². The van der Waals surface area contributed by atoms with Crippen LogP contribution in [0.2, 0.25) is 0 Å². The number of oxazole rings is 1. The molecule has 2 aromatic carbocycles. The van der Waals surface area contributed by atoms with E-state index in [1.165, 1.54) is 5.39 Å². The van der Waals surface area contributed by atoms with E-state index >= 15 is 0 Å². The molecule has 0 saturated carbocycles. The molecule has 9 heteroatoms. The van der Waals surface area contributed by atoms with Gasteiger partial charge in [0, 0.05) is 23.4 Å². The Morgan fingerprint density at radius 3 is 2.19 bits per heavy atom. The fraction of sp³-hybridized carbons (Fsp3) is 0.227. The van der Waals surface area contributed by atoms with Crippen LogP contribution in [0.1, 0.15) is 25.4 Å². The predicted octanol–water partition coefficient (Wildman–Crippen LogP) is 0.138. The Labute approximate surface area is 181 Å². The van der Waals surface area contributed by atoms with Crippen molar-refractivity contribution in [3.8, 4) is 5.88 Å². The SMILES string of the molecule is CCn1c(/C=C/c2oc3ccccc3[n+]2CC)c2ccccc2c1OC.[O-][Cl+3]([O-])([O-])[O-]. The summed E-state index contributed by atoms with van der Waals surface area (Å²) in [5.41, 5.74) is 3.15. The largest absolute Gasteiger partial charge is 0.482 e. The van der Waals surface area contributed by atoms with Crippen molar-refractivity contribution < 1.29 is 42.6 Å². The number of fused-ring (bicyclic) bond motifs is 2. The highest BCUT2D eigenvalue weighted by Crippen LogP contribution is 2.33. The molecule has 0 aliphatic heterocycles. The number of ether oxygens (including phenoxy) is 1. The van der Waals surface area contributed by atoms with Crippen molar-refractivity contribution in [2.75, 3.05) is 7.11 Å². The molecule has 0 bridgehead atoms. The van der Waals surface area contributed by atoms with Gasteiger partial charge in [-0.15, -0.1) is 10.2 Å². The van der Waals surface area contributed by atoms with Crippen molar-refractivity contribution >= 4 is 34.0 Å². The zero-order valence-corrected chi connectivity index (χ0v) is 18.2. The van der Waals surface area contributed by atoms with Gasteiger partial charge in [0.25, 0.3) is 5.52 Å². The number of hydrogen-bond donors (Lipinski definition) is 0. The molecule has 164 valence electrons. The van der Waals surface area contributed by atoms with Gasteiger partial charge in [0.15, 0.2) is 0 Å². The zero-order valence-electron chi connectivity index (χ0n) is 17.4. The molecule has 0 amide bonds. The number of benzene rings is 2. The van der Waals surface area contributed by atoms with Crippen molar-refractivity contribution in [2.45, 2.75) is 26.9 Å². The summed E-state index contributed by atoms with van der Waals surface area (Å²) in [5.74, 6) is 1.75. The van der Waals surface area contributed by atoms with Crippen LogP contribution in [0.4, 0.5) is 0 Å². The molecule has 8 nitrogen and oxygen atoms in total. The molecule has 0 aliphatic rings. The van der Waals surface area contributed by atoms with E-state index in [1.54, 1.807) is 7.11 Å². The first-order valence-electron chi connectivity index (χ1n) is 9.64. The minimum atomic E-state index is -4.94. The normalized spacial score (nSPS) is 11.8. The molecule has 0 unspecified atom stereocenters. The molecule has 0 fully saturated rings. The number of halogens is 1. The highest BCUT2D eigenvalue weighted by molar-refractivity contribution is 5.96. The van der Waals surface area contributed by atoms with Crippen LogP contribution in [0.3, 0.4) is 0 Å². The molecule has 4 rings (SSSR count). The first-order chi connectivity index (χ1) is 14.8. The second kappa shape index (κ2) is 9.51. The quantitative estimate of drug-likeness (QED) is 0.402. The van der Waals surface area contributed by atoms with Gasteiger partial charge in [-0.25, -0.2) is 18.6 Å². The van der Waals surface area contributed by atoms with E-state index in [0.717, 1.165) is 47.0 Å². The first-order valence-corrected chi connectivity index (χ1v) is 10.9. The van der Waals surface area contributed by atoms with Crippen LogP contribution in [0, 0.1) is 10.2 Å². The van der Waals surface area contributed by atoms with Gasteiger partial charge < -0.3 is 13.7 Å². The minimum Gasteiger partial charge on any atom is -0.482 e. The Morgan fingerprint density at radius 1 is 0.968 bits per heavy atom. The average molecular weight is 447 g/mol. The number of methoxy groups -OCH3 is 1. The standard InChI is InChI=1S/C22H23N2O2.ClHO4/c1-4-23-19-12-8-9-13-20(19)26-21(23)15-14-18-16-10-6-7-11-17(16)22(25-3)24(18)5-2;2-1(3,4)5/h6-15H,4-5H2,1-3H3;(H,2,3,4,5)/q+1;/p-1. The lowest BCUT2D eigenvalue weighted by Crippen LogP contribution is -2.68. The maximum atomic E-state index is 8.49. The third-order valence-corrected chi connectivity index (χ3v) is 4.82. The van der Waals surface area contributed by atoms with Gasteiger partial charge in [-0.3, -0.25) is 0 Å². The van der Waals surface area contributed by atoms with Crippen LogP contribution in [0.5, 0.6) is 5.88 Å². The lowest BCUT2D eigenvalue weighted by Gasteiger charge is -2.17. The van der Waals surface area contributed by atoms with Crippen molar-refractivity contribution in [3.05, 3.63) is 60.1 Å². The molecule has 0 atom stereocenters. The summed E-state index contributed by atoms with van der Waals surface area (Å²) < 4.78 is 50.1. The zero-order chi connectivity index (χ0) is 22.6. The number of aryl methyl sites for hydroxylation is 1. The lowest BCUT2D eigenvalue weighted by atomic mass is 10.2. The van der Waals surface area contributed by atoms with Crippen molar-refractivity contribution in [1.29, 1.82) is 0 Å². The smallest absolute Gasteiger partial charge is 0.374 e. The van der Waals surface area contributed by atoms with Crippen LogP contribution >= 0.6 is 0 Å². The van der Waals surface area contributed by atoms with Gasteiger partial charge in [-0.05, 0) is 32.1 Å².